The molecule has 2 amide bonds. The van der Waals surface area contributed by atoms with Crippen molar-refractivity contribution in [2.45, 2.75) is 58.2 Å². The van der Waals surface area contributed by atoms with Crippen molar-refractivity contribution >= 4 is 17.5 Å². The molecule has 1 aliphatic rings. The Morgan fingerprint density at radius 1 is 1.43 bits per heavy atom. The first kappa shape index (κ1) is 17.3. The minimum Gasteiger partial charge on any atom is -0.478 e. The highest BCUT2D eigenvalue weighted by molar-refractivity contribution is 5.97. The molecule has 0 aromatic heterocycles. The normalized spacial score (nSPS) is 19.1. The van der Waals surface area contributed by atoms with Crippen molar-refractivity contribution in [1.82, 2.24) is 5.32 Å². The molecule has 0 fully saturated rings. The third-order valence-corrected chi connectivity index (χ3v) is 3.99. The van der Waals surface area contributed by atoms with Gasteiger partial charge in [-0.1, -0.05) is 26.3 Å². The number of fused-ring (bicyclic) bond motifs is 1. The average Bonchev–Trinajstić information content (AvgIpc) is 2.53. The molecule has 3 atom stereocenters. The third kappa shape index (κ3) is 4.01. The molecule has 126 valence electrons. The van der Waals surface area contributed by atoms with E-state index in [2.05, 4.69) is 10.6 Å². The molecule has 0 aliphatic carbocycles. The topological polar surface area (TPSA) is 93.5 Å². The van der Waals surface area contributed by atoms with E-state index in [9.17, 15) is 9.59 Å². The third-order valence-electron chi connectivity index (χ3n) is 3.99. The zero-order valence-corrected chi connectivity index (χ0v) is 13.9. The molecule has 0 spiro atoms. The highest BCUT2D eigenvalue weighted by Gasteiger charge is 2.26. The summed E-state index contributed by atoms with van der Waals surface area (Å²) in [5.74, 6) is 0.352. The summed E-state index contributed by atoms with van der Waals surface area (Å²) < 4.78 is 5.73. The van der Waals surface area contributed by atoms with Gasteiger partial charge in [-0.25, -0.2) is 0 Å². The summed E-state index contributed by atoms with van der Waals surface area (Å²) in [4.78, 5) is 23.8. The van der Waals surface area contributed by atoms with Gasteiger partial charge in [-0.2, -0.15) is 0 Å². The second-order valence-corrected chi connectivity index (χ2v) is 5.89. The Morgan fingerprint density at radius 3 is 2.83 bits per heavy atom. The number of carbonyl (C=O) groups excluding carboxylic acids is 2. The van der Waals surface area contributed by atoms with Crippen LogP contribution in [-0.4, -0.2) is 24.0 Å². The van der Waals surface area contributed by atoms with E-state index in [1.54, 1.807) is 6.07 Å². The van der Waals surface area contributed by atoms with Gasteiger partial charge in [-0.15, -0.1) is 0 Å². The Balaban J connectivity index is 2.09. The molecule has 1 aliphatic heterocycles. The van der Waals surface area contributed by atoms with Gasteiger partial charge in [0.2, 0.25) is 5.91 Å². The molecule has 4 N–H and O–H groups in total. The molecular weight excluding hydrogens is 294 g/mol. The van der Waals surface area contributed by atoms with Gasteiger partial charge in [0.15, 0.2) is 6.10 Å². The van der Waals surface area contributed by atoms with E-state index in [0.717, 1.165) is 12.0 Å². The molecule has 6 nitrogen and oxygen atoms in total. The lowest BCUT2D eigenvalue weighted by Crippen LogP contribution is -2.41. The number of ether oxygens (including phenoxy) is 1. The minimum absolute atomic E-state index is 0.125. The molecule has 1 heterocycles. The molecule has 23 heavy (non-hydrogen) atoms. The Labute approximate surface area is 136 Å². The van der Waals surface area contributed by atoms with Crippen molar-refractivity contribution in [2.24, 2.45) is 5.73 Å². The fourth-order valence-corrected chi connectivity index (χ4v) is 2.54. The zero-order chi connectivity index (χ0) is 17.0. The maximum Gasteiger partial charge on any atom is 0.265 e. The SMILES string of the molecule is CCCC(N)C(=O)NC(C)c1ccc2c(c1)OC(CC)C(=O)N2. The molecule has 3 unspecified atom stereocenters. The summed E-state index contributed by atoms with van der Waals surface area (Å²) in [5.41, 5.74) is 7.40. The molecule has 0 saturated carbocycles. The van der Waals surface area contributed by atoms with Crippen LogP contribution in [0.3, 0.4) is 0 Å². The van der Waals surface area contributed by atoms with Crippen LogP contribution < -0.4 is 21.1 Å². The number of nitrogens with one attached hydrogen (secondary N) is 2. The maximum absolute atomic E-state index is 12.0. The van der Waals surface area contributed by atoms with E-state index in [0.29, 0.717) is 24.3 Å². The number of amides is 2. The Kier molecular flexibility index (Phi) is 5.60. The van der Waals surface area contributed by atoms with Crippen LogP contribution in [0.2, 0.25) is 0 Å². The summed E-state index contributed by atoms with van der Waals surface area (Å²) in [6.45, 7) is 5.80. The van der Waals surface area contributed by atoms with Crippen molar-refractivity contribution in [2.75, 3.05) is 5.32 Å². The van der Waals surface area contributed by atoms with Crippen molar-refractivity contribution in [3.63, 3.8) is 0 Å². The smallest absolute Gasteiger partial charge is 0.265 e. The Morgan fingerprint density at radius 2 is 2.17 bits per heavy atom. The van der Waals surface area contributed by atoms with Crippen molar-refractivity contribution in [1.29, 1.82) is 0 Å². The Hall–Kier alpha value is -2.08. The van der Waals surface area contributed by atoms with Gasteiger partial charge in [0.05, 0.1) is 17.8 Å². The Bertz CT molecular complexity index is 588. The van der Waals surface area contributed by atoms with Crippen LogP contribution in [0.5, 0.6) is 5.75 Å². The maximum atomic E-state index is 12.0. The molecule has 1 aromatic carbocycles. The number of hydrogen-bond donors (Lipinski definition) is 3. The molecule has 1 aromatic rings. The molecule has 6 heteroatoms. The summed E-state index contributed by atoms with van der Waals surface area (Å²) in [6.07, 6.45) is 1.66. The van der Waals surface area contributed by atoms with Crippen LogP contribution in [0.15, 0.2) is 18.2 Å². The van der Waals surface area contributed by atoms with Crippen LogP contribution in [0.1, 0.15) is 51.6 Å². The van der Waals surface area contributed by atoms with Gasteiger partial charge >= 0.3 is 0 Å². The van der Waals surface area contributed by atoms with E-state index in [-0.39, 0.29) is 17.9 Å². The molecule has 2 rings (SSSR count). The largest absolute Gasteiger partial charge is 0.478 e. The van der Waals surface area contributed by atoms with Gasteiger partial charge in [-0.05, 0) is 37.5 Å². The van der Waals surface area contributed by atoms with E-state index >= 15 is 0 Å². The second kappa shape index (κ2) is 7.46. The predicted molar refractivity (Wildman–Crippen MR) is 89.2 cm³/mol. The number of carbonyl (C=O) groups is 2. The quantitative estimate of drug-likeness (QED) is 0.748. The summed E-state index contributed by atoms with van der Waals surface area (Å²) in [7, 11) is 0. The average molecular weight is 319 g/mol. The summed E-state index contributed by atoms with van der Waals surface area (Å²) in [6, 6.07) is 4.85. The van der Waals surface area contributed by atoms with E-state index < -0.39 is 12.1 Å². The van der Waals surface area contributed by atoms with Crippen LogP contribution in [0.4, 0.5) is 5.69 Å². The molecule has 0 radical (unpaired) electrons. The van der Waals surface area contributed by atoms with E-state index in [1.165, 1.54) is 0 Å². The standard InChI is InChI=1S/C17H25N3O3/c1-4-6-12(18)16(21)19-10(3)11-7-8-13-15(9-11)23-14(5-2)17(22)20-13/h7-10,12,14H,4-6,18H2,1-3H3,(H,19,21)(H,20,22). The first-order valence-electron chi connectivity index (χ1n) is 8.13. The zero-order valence-electron chi connectivity index (χ0n) is 13.9. The number of hydrogen-bond acceptors (Lipinski definition) is 4. The number of benzene rings is 1. The van der Waals surface area contributed by atoms with Crippen molar-refractivity contribution in [3.8, 4) is 5.75 Å². The number of nitrogens with two attached hydrogens (primary N) is 1. The van der Waals surface area contributed by atoms with Gasteiger partial charge in [0, 0.05) is 0 Å². The van der Waals surface area contributed by atoms with Crippen molar-refractivity contribution < 1.29 is 14.3 Å². The number of anilines is 1. The van der Waals surface area contributed by atoms with E-state index in [4.69, 9.17) is 10.5 Å². The predicted octanol–water partition coefficient (Wildman–Crippen LogP) is 2.10. The lowest BCUT2D eigenvalue weighted by Gasteiger charge is -2.26. The van der Waals surface area contributed by atoms with E-state index in [1.807, 2.05) is 32.9 Å². The van der Waals surface area contributed by atoms with Crippen LogP contribution in [0.25, 0.3) is 0 Å². The lowest BCUT2D eigenvalue weighted by atomic mass is 10.0. The monoisotopic (exact) mass is 319 g/mol. The van der Waals surface area contributed by atoms with Gasteiger partial charge in [0.25, 0.3) is 5.91 Å². The van der Waals surface area contributed by atoms with Crippen LogP contribution in [0, 0.1) is 0 Å². The molecule has 0 saturated heterocycles. The van der Waals surface area contributed by atoms with Gasteiger partial charge < -0.3 is 21.1 Å². The second-order valence-electron chi connectivity index (χ2n) is 5.89. The van der Waals surface area contributed by atoms with Crippen LogP contribution >= 0.6 is 0 Å². The van der Waals surface area contributed by atoms with Crippen molar-refractivity contribution in [3.05, 3.63) is 23.8 Å². The highest BCUT2D eigenvalue weighted by atomic mass is 16.5. The minimum atomic E-state index is -0.486. The fourth-order valence-electron chi connectivity index (χ4n) is 2.54. The molecule has 0 bridgehead atoms. The number of rotatable bonds is 6. The van der Waals surface area contributed by atoms with Gasteiger partial charge in [-0.3, -0.25) is 9.59 Å². The first-order valence-corrected chi connectivity index (χ1v) is 8.13. The van der Waals surface area contributed by atoms with Crippen LogP contribution in [-0.2, 0) is 9.59 Å². The summed E-state index contributed by atoms with van der Waals surface area (Å²) >= 11 is 0. The first-order chi connectivity index (χ1) is 11.0. The lowest BCUT2D eigenvalue weighted by molar-refractivity contribution is -0.124. The summed E-state index contributed by atoms with van der Waals surface area (Å²) in [5, 5.41) is 5.75. The van der Waals surface area contributed by atoms with Gasteiger partial charge in [0.1, 0.15) is 5.75 Å². The fraction of sp³-hybridized carbons (Fsp3) is 0.529. The molecular formula is C17H25N3O3. The highest BCUT2D eigenvalue weighted by Crippen LogP contribution is 2.32.